The van der Waals surface area contributed by atoms with E-state index in [1.807, 2.05) is 0 Å². The van der Waals surface area contributed by atoms with Gasteiger partial charge in [0.1, 0.15) is 5.58 Å². The Morgan fingerprint density at radius 1 is 1.27 bits per heavy atom. The van der Waals surface area contributed by atoms with Gasteiger partial charge in [0.25, 0.3) is 0 Å². The molecule has 0 bridgehead atoms. The molecule has 0 unspecified atom stereocenters. The normalized spacial score (nSPS) is 10.2. The number of rotatable bonds is 0. The number of fused-ring (bicyclic) bond motifs is 1. The van der Waals surface area contributed by atoms with Crippen LogP contribution in [0, 0.1) is 6.07 Å². The molecule has 0 atom stereocenters. The van der Waals surface area contributed by atoms with Gasteiger partial charge in [-0.05, 0) is 24.3 Å². The molecule has 0 N–H and O–H groups in total. The second-order valence-corrected chi connectivity index (χ2v) is 2.22. The van der Waals surface area contributed by atoms with E-state index in [1.165, 1.54) is 6.07 Å². The van der Waals surface area contributed by atoms with Crippen LogP contribution in [-0.4, -0.2) is 0 Å². The van der Waals surface area contributed by atoms with Crippen molar-refractivity contribution in [2.75, 3.05) is 0 Å². The van der Waals surface area contributed by atoms with Gasteiger partial charge >= 0.3 is 5.63 Å². The monoisotopic (exact) mass is 145 g/mol. The molecule has 2 nitrogen and oxygen atoms in total. The van der Waals surface area contributed by atoms with E-state index in [0.717, 1.165) is 5.39 Å². The second kappa shape index (κ2) is 2.23. The summed E-state index contributed by atoms with van der Waals surface area (Å²) in [5.41, 5.74) is 0.292. The van der Waals surface area contributed by atoms with Crippen molar-refractivity contribution in [1.29, 1.82) is 0 Å². The highest BCUT2D eigenvalue weighted by atomic mass is 16.4. The zero-order valence-corrected chi connectivity index (χ0v) is 5.70. The molecule has 2 aromatic rings. The molecule has 0 saturated carbocycles. The smallest absolute Gasteiger partial charge is 0.336 e. The minimum Gasteiger partial charge on any atom is -0.423 e. The first-order valence-corrected chi connectivity index (χ1v) is 3.26. The predicted molar refractivity (Wildman–Crippen MR) is 41.3 cm³/mol. The fraction of sp³-hybridized carbons (Fsp3) is 0. The lowest BCUT2D eigenvalue weighted by Gasteiger charge is -1.91. The summed E-state index contributed by atoms with van der Waals surface area (Å²) in [6.45, 7) is 0. The van der Waals surface area contributed by atoms with Crippen LogP contribution in [0.25, 0.3) is 11.0 Å². The molecule has 1 aromatic heterocycles. The fourth-order valence-corrected chi connectivity index (χ4v) is 0.952. The first kappa shape index (κ1) is 6.16. The summed E-state index contributed by atoms with van der Waals surface area (Å²) in [5, 5.41) is 0.895. The Labute approximate surface area is 63.1 Å². The quantitative estimate of drug-likeness (QED) is 0.527. The molecule has 0 spiro atoms. The number of benzene rings is 1. The van der Waals surface area contributed by atoms with Crippen LogP contribution in [0.15, 0.2) is 39.5 Å². The van der Waals surface area contributed by atoms with Crippen molar-refractivity contribution in [3.8, 4) is 0 Å². The van der Waals surface area contributed by atoms with Crippen LogP contribution in [0.3, 0.4) is 0 Å². The van der Waals surface area contributed by atoms with E-state index in [1.54, 1.807) is 24.3 Å². The van der Waals surface area contributed by atoms with Crippen molar-refractivity contribution in [1.82, 2.24) is 0 Å². The van der Waals surface area contributed by atoms with Gasteiger partial charge in [0, 0.05) is 11.5 Å². The third-order valence-electron chi connectivity index (χ3n) is 1.46. The van der Waals surface area contributed by atoms with E-state index in [-0.39, 0.29) is 5.63 Å². The Kier molecular flexibility index (Phi) is 1.25. The van der Waals surface area contributed by atoms with E-state index in [0.29, 0.717) is 5.58 Å². The van der Waals surface area contributed by atoms with Crippen LogP contribution >= 0.6 is 0 Å². The maximum atomic E-state index is 10.7. The lowest BCUT2D eigenvalue weighted by molar-refractivity contribution is 0.561. The largest absolute Gasteiger partial charge is 0.423 e. The second-order valence-electron chi connectivity index (χ2n) is 2.22. The third kappa shape index (κ3) is 1.03. The summed E-state index contributed by atoms with van der Waals surface area (Å²) in [6, 6.07) is 11.2. The summed E-state index contributed by atoms with van der Waals surface area (Å²) in [6.07, 6.45) is 0. The van der Waals surface area contributed by atoms with Crippen LogP contribution in [0.4, 0.5) is 0 Å². The highest BCUT2D eigenvalue weighted by Gasteiger charge is 1.92. The van der Waals surface area contributed by atoms with Crippen molar-refractivity contribution in [2.24, 2.45) is 0 Å². The lowest BCUT2D eigenvalue weighted by Crippen LogP contribution is -1.93. The minimum absolute atomic E-state index is 0.316. The summed E-state index contributed by atoms with van der Waals surface area (Å²) < 4.78 is 4.89. The molecule has 0 aliphatic heterocycles. The molecule has 11 heavy (non-hydrogen) atoms. The Bertz CT molecular complexity index is 429. The molecule has 2 heteroatoms. The molecule has 1 radical (unpaired) electrons. The molecule has 1 aromatic carbocycles. The zero-order chi connectivity index (χ0) is 7.68. The van der Waals surface area contributed by atoms with Gasteiger partial charge in [-0.15, -0.1) is 0 Å². The van der Waals surface area contributed by atoms with Crippen molar-refractivity contribution in [2.45, 2.75) is 0 Å². The molecular weight excluding hydrogens is 140 g/mol. The van der Waals surface area contributed by atoms with E-state index in [2.05, 4.69) is 6.07 Å². The Morgan fingerprint density at radius 3 is 3.09 bits per heavy atom. The molecule has 1 heterocycles. The average molecular weight is 145 g/mol. The molecule has 0 saturated heterocycles. The standard InChI is InChI=1S/C9H5O2/c10-9-6-5-7-3-1-2-4-8(7)11-9/h2-6H. The zero-order valence-electron chi connectivity index (χ0n) is 5.70. The van der Waals surface area contributed by atoms with Gasteiger partial charge in [-0.3, -0.25) is 0 Å². The minimum atomic E-state index is -0.316. The molecule has 53 valence electrons. The third-order valence-corrected chi connectivity index (χ3v) is 1.46. The van der Waals surface area contributed by atoms with Crippen LogP contribution in [-0.2, 0) is 0 Å². The van der Waals surface area contributed by atoms with E-state index < -0.39 is 0 Å². The Morgan fingerprint density at radius 2 is 2.18 bits per heavy atom. The Hall–Kier alpha value is -1.57. The van der Waals surface area contributed by atoms with E-state index in [9.17, 15) is 4.79 Å². The number of hydrogen-bond donors (Lipinski definition) is 0. The summed E-state index contributed by atoms with van der Waals surface area (Å²) >= 11 is 0. The van der Waals surface area contributed by atoms with E-state index >= 15 is 0 Å². The SMILES string of the molecule is O=c1ccc2c[c]ccc2o1. The van der Waals surface area contributed by atoms with Gasteiger partial charge in [0.2, 0.25) is 0 Å². The van der Waals surface area contributed by atoms with Gasteiger partial charge in [-0.1, -0.05) is 6.07 Å². The van der Waals surface area contributed by atoms with Gasteiger partial charge < -0.3 is 4.42 Å². The van der Waals surface area contributed by atoms with Gasteiger partial charge in [0.05, 0.1) is 0 Å². The number of hydrogen-bond acceptors (Lipinski definition) is 2. The maximum absolute atomic E-state index is 10.7. The summed E-state index contributed by atoms with van der Waals surface area (Å²) in [5.74, 6) is 0. The van der Waals surface area contributed by atoms with Gasteiger partial charge in [0.15, 0.2) is 0 Å². The maximum Gasteiger partial charge on any atom is 0.336 e. The molecule has 0 aliphatic carbocycles. The van der Waals surface area contributed by atoms with Crippen molar-refractivity contribution < 1.29 is 4.42 Å². The van der Waals surface area contributed by atoms with Crippen LogP contribution in [0.1, 0.15) is 0 Å². The van der Waals surface area contributed by atoms with Crippen molar-refractivity contribution >= 4 is 11.0 Å². The van der Waals surface area contributed by atoms with Gasteiger partial charge in [-0.2, -0.15) is 0 Å². The van der Waals surface area contributed by atoms with Crippen molar-refractivity contribution in [3.63, 3.8) is 0 Å². The molecule has 0 amide bonds. The van der Waals surface area contributed by atoms with Gasteiger partial charge in [-0.25, -0.2) is 4.79 Å². The highest BCUT2D eigenvalue weighted by molar-refractivity contribution is 5.75. The molecular formula is C9H5O2. The van der Waals surface area contributed by atoms with E-state index in [4.69, 9.17) is 4.42 Å². The predicted octanol–water partition coefficient (Wildman–Crippen LogP) is 1.59. The molecule has 0 fully saturated rings. The van der Waals surface area contributed by atoms with Crippen LogP contribution in [0.2, 0.25) is 0 Å². The topological polar surface area (TPSA) is 30.2 Å². The molecule has 2 rings (SSSR count). The summed E-state index contributed by atoms with van der Waals surface area (Å²) in [4.78, 5) is 10.7. The van der Waals surface area contributed by atoms with Crippen LogP contribution in [0.5, 0.6) is 0 Å². The Balaban J connectivity index is 2.94. The first-order valence-electron chi connectivity index (χ1n) is 3.26. The average Bonchev–Trinajstić information content (AvgIpc) is 2.04. The highest BCUT2D eigenvalue weighted by Crippen LogP contribution is 2.08. The fourth-order valence-electron chi connectivity index (χ4n) is 0.952. The lowest BCUT2D eigenvalue weighted by atomic mass is 10.2. The summed E-state index contributed by atoms with van der Waals surface area (Å²) in [7, 11) is 0. The first-order chi connectivity index (χ1) is 5.36. The van der Waals surface area contributed by atoms with Crippen molar-refractivity contribution in [3.05, 3.63) is 46.8 Å². The molecule has 0 aliphatic rings. The van der Waals surface area contributed by atoms with Crippen LogP contribution < -0.4 is 5.63 Å².